The number of hydrogen-bond acceptors (Lipinski definition) is 4. The average molecular weight is 399 g/mol. The van der Waals surface area contributed by atoms with Gasteiger partial charge in [-0.15, -0.1) is 0 Å². The van der Waals surface area contributed by atoms with Crippen molar-refractivity contribution in [2.75, 3.05) is 5.32 Å². The Morgan fingerprint density at radius 3 is 2.24 bits per heavy atom. The van der Waals surface area contributed by atoms with Crippen LogP contribution >= 0.6 is 22.6 Å². The Morgan fingerprint density at radius 2 is 1.62 bits per heavy atom. The molecule has 1 amide bonds. The summed E-state index contributed by atoms with van der Waals surface area (Å²) in [5.74, 6) is -2.02. The normalized spacial score (nSPS) is 10.1. The van der Waals surface area contributed by atoms with Crippen LogP contribution in [0.1, 0.15) is 20.7 Å². The fourth-order valence-electron chi connectivity index (χ4n) is 1.62. The summed E-state index contributed by atoms with van der Waals surface area (Å²) in [5.41, 5.74) is 0.111. The second-order valence-corrected chi connectivity index (χ2v) is 5.32. The summed E-state index contributed by atoms with van der Waals surface area (Å²) in [7, 11) is 0. The van der Waals surface area contributed by atoms with E-state index < -0.39 is 11.9 Å². The van der Waals surface area contributed by atoms with Crippen molar-refractivity contribution in [3.05, 3.63) is 51.1 Å². The molecule has 108 valence electrons. The Morgan fingerprint density at radius 1 is 0.952 bits per heavy atom. The number of amides is 1. The number of aromatic hydroxyl groups is 2. The van der Waals surface area contributed by atoms with Crippen molar-refractivity contribution in [2.24, 2.45) is 0 Å². The molecule has 0 radical (unpaired) electrons. The zero-order valence-corrected chi connectivity index (χ0v) is 12.7. The van der Waals surface area contributed by atoms with Gasteiger partial charge < -0.3 is 20.6 Å². The fraction of sp³-hybridized carbons (Fsp3) is 0. The van der Waals surface area contributed by atoms with Gasteiger partial charge in [0.2, 0.25) is 0 Å². The number of halogens is 1. The van der Waals surface area contributed by atoms with Crippen molar-refractivity contribution in [1.82, 2.24) is 0 Å². The van der Waals surface area contributed by atoms with Crippen molar-refractivity contribution in [2.45, 2.75) is 0 Å². The summed E-state index contributed by atoms with van der Waals surface area (Å²) in [6.07, 6.45) is 0. The fourth-order valence-corrected chi connectivity index (χ4v) is 1.95. The maximum atomic E-state index is 12.0. The molecule has 0 aliphatic rings. The van der Waals surface area contributed by atoms with Gasteiger partial charge >= 0.3 is 5.97 Å². The summed E-state index contributed by atoms with van der Waals surface area (Å²) >= 11 is 1.92. The lowest BCUT2D eigenvalue weighted by Gasteiger charge is -2.09. The first kappa shape index (κ1) is 15.1. The molecule has 0 aliphatic carbocycles. The van der Waals surface area contributed by atoms with E-state index in [1.54, 1.807) is 6.07 Å². The van der Waals surface area contributed by atoms with E-state index in [-0.39, 0.29) is 28.3 Å². The van der Waals surface area contributed by atoms with Crippen molar-refractivity contribution in [3.8, 4) is 11.5 Å². The second kappa shape index (κ2) is 6.00. The molecule has 21 heavy (non-hydrogen) atoms. The van der Waals surface area contributed by atoms with E-state index in [0.29, 0.717) is 3.57 Å². The van der Waals surface area contributed by atoms with Crippen LogP contribution in [0.5, 0.6) is 11.5 Å². The van der Waals surface area contributed by atoms with Crippen molar-refractivity contribution in [3.63, 3.8) is 0 Å². The monoisotopic (exact) mass is 399 g/mol. The lowest BCUT2D eigenvalue weighted by molar-refractivity contribution is 0.0696. The highest BCUT2D eigenvalue weighted by Crippen LogP contribution is 2.26. The Bertz CT molecular complexity index is 729. The molecule has 0 heterocycles. The van der Waals surface area contributed by atoms with E-state index in [4.69, 9.17) is 5.11 Å². The van der Waals surface area contributed by atoms with E-state index >= 15 is 0 Å². The second-order valence-electron chi connectivity index (χ2n) is 4.16. The number of phenolic OH excluding ortho intramolecular Hbond substituents is 2. The number of hydrogen-bond donors (Lipinski definition) is 4. The number of phenols is 2. The van der Waals surface area contributed by atoms with E-state index in [1.165, 1.54) is 24.3 Å². The van der Waals surface area contributed by atoms with Gasteiger partial charge in [0, 0.05) is 5.56 Å². The molecule has 2 aromatic carbocycles. The van der Waals surface area contributed by atoms with Crippen LogP contribution in [0.2, 0.25) is 0 Å². The molecule has 2 aromatic rings. The van der Waals surface area contributed by atoms with E-state index in [9.17, 15) is 19.8 Å². The average Bonchev–Trinajstić information content (AvgIpc) is 2.43. The minimum absolute atomic E-state index is 0.0158. The standard InChI is InChI=1S/C14H10INO5/c15-9-3-1-7(6-12(9)18)13(19)16-10-5-8(14(20)21)2-4-11(10)17/h1-6,17-18H,(H,16,19)(H,20,21). The molecule has 0 fully saturated rings. The first-order valence-electron chi connectivity index (χ1n) is 5.74. The molecule has 0 spiro atoms. The number of rotatable bonds is 3. The minimum Gasteiger partial charge on any atom is -0.507 e. The predicted molar refractivity (Wildman–Crippen MR) is 83.8 cm³/mol. The van der Waals surface area contributed by atoms with Crippen LogP contribution < -0.4 is 5.32 Å². The molecule has 7 heteroatoms. The van der Waals surface area contributed by atoms with Crippen molar-refractivity contribution in [1.29, 1.82) is 0 Å². The van der Waals surface area contributed by atoms with Crippen LogP contribution in [0, 0.1) is 3.57 Å². The van der Waals surface area contributed by atoms with Gasteiger partial charge in [-0.2, -0.15) is 0 Å². The zero-order chi connectivity index (χ0) is 15.6. The molecule has 4 N–H and O–H groups in total. The molecule has 2 rings (SSSR count). The molecule has 0 atom stereocenters. The van der Waals surface area contributed by atoms with Gasteiger partial charge in [-0.1, -0.05) is 0 Å². The van der Waals surface area contributed by atoms with Gasteiger partial charge in [0.15, 0.2) is 0 Å². The lowest BCUT2D eigenvalue weighted by Crippen LogP contribution is -2.12. The van der Waals surface area contributed by atoms with Crippen LogP contribution in [0.3, 0.4) is 0 Å². The number of carbonyl (C=O) groups excluding carboxylic acids is 1. The highest BCUT2D eigenvalue weighted by Gasteiger charge is 2.13. The van der Waals surface area contributed by atoms with E-state index in [1.807, 2.05) is 22.6 Å². The Kier molecular flexibility index (Phi) is 4.32. The predicted octanol–water partition coefficient (Wildman–Crippen LogP) is 2.65. The number of carboxylic acid groups (broad SMARTS) is 1. The minimum atomic E-state index is -1.17. The van der Waals surface area contributed by atoms with Gasteiger partial charge in [0.1, 0.15) is 11.5 Å². The van der Waals surface area contributed by atoms with Crippen molar-refractivity contribution >= 4 is 40.2 Å². The van der Waals surface area contributed by atoms with Gasteiger partial charge in [0.05, 0.1) is 14.8 Å². The van der Waals surface area contributed by atoms with Gasteiger partial charge in [-0.05, 0) is 59.0 Å². The number of aromatic carboxylic acids is 1. The van der Waals surface area contributed by atoms with E-state index in [2.05, 4.69) is 5.32 Å². The molecule has 0 aromatic heterocycles. The smallest absolute Gasteiger partial charge is 0.335 e. The molecule has 0 aliphatic heterocycles. The summed E-state index contributed by atoms with van der Waals surface area (Å²) < 4.78 is 0.597. The Labute approximate surface area is 133 Å². The quantitative estimate of drug-likeness (QED) is 0.469. The molecule has 6 nitrogen and oxygen atoms in total. The molecular weight excluding hydrogens is 389 g/mol. The number of benzene rings is 2. The largest absolute Gasteiger partial charge is 0.507 e. The number of carbonyl (C=O) groups is 2. The molecule has 0 unspecified atom stereocenters. The number of nitrogens with one attached hydrogen (secondary N) is 1. The summed E-state index contributed by atoms with van der Waals surface area (Å²) in [4.78, 5) is 22.9. The van der Waals surface area contributed by atoms with Gasteiger partial charge in [0.25, 0.3) is 5.91 Å². The van der Waals surface area contributed by atoms with Crippen LogP contribution in [-0.4, -0.2) is 27.2 Å². The summed E-state index contributed by atoms with van der Waals surface area (Å²) in [6.45, 7) is 0. The number of carboxylic acids is 1. The molecular formula is C14H10INO5. The third-order valence-corrected chi connectivity index (χ3v) is 3.61. The Hall–Kier alpha value is -2.29. The SMILES string of the molecule is O=C(O)c1ccc(O)c(NC(=O)c2ccc(I)c(O)c2)c1. The van der Waals surface area contributed by atoms with Gasteiger partial charge in [-0.3, -0.25) is 4.79 Å². The van der Waals surface area contributed by atoms with Gasteiger partial charge in [-0.25, -0.2) is 4.79 Å². The Balaban J connectivity index is 2.28. The lowest BCUT2D eigenvalue weighted by atomic mass is 10.1. The van der Waals surface area contributed by atoms with Crippen LogP contribution in [0.25, 0.3) is 0 Å². The van der Waals surface area contributed by atoms with Crippen LogP contribution in [0.4, 0.5) is 5.69 Å². The maximum absolute atomic E-state index is 12.0. The molecule has 0 bridgehead atoms. The highest BCUT2D eigenvalue weighted by atomic mass is 127. The molecule has 0 saturated heterocycles. The maximum Gasteiger partial charge on any atom is 0.335 e. The van der Waals surface area contributed by atoms with Crippen molar-refractivity contribution < 1.29 is 24.9 Å². The first-order valence-corrected chi connectivity index (χ1v) is 6.82. The summed E-state index contributed by atoms with van der Waals surface area (Å²) in [5, 5.41) is 30.5. The first-order chi connectivity index (χ1) is 9.88. The third kappa shape index (κ3) is 3.43. The van der Waals surface area contributed by atoms with Crippen LogP contribution in [0.15, 0.2) is 36.4 Å². The topological polar surface area (TPSA) is 107 Å². The van der Waals surface area contributed by atoms with Crippen LogP contribution in [-0.2, 0) is 0 Å². The molecule has 0 saturated carbocycles. The zero-order valence-electron chi connectivity index (χ0n) is 10.5. The third-order valence-electron chi connectivity index (χ3n) is 2.70. The number of anilines is 1. The highest BCUT2D eigenvalue weighted by molar-refractivity contribution is 14.1. The summed E-state index contributed by atoms with van der Waals surface area (Å²) in [6, 6.07) is 7.93. The van der Waals surface area contributed by atoms with E-state index in [0.717, 1.165) is 6.07 Å².